The molecular weight excluding hydrogens is 415 g/mol. The topological polar surface area (TPSA) is 66.5 Å². The number of hydrogen-bond donors (Lipinski definition) is 1. The van der Waals surface area contributed by atoms with Crippen molar-refractivity contribution in [1.29, 1.82) is 0 Å². The Kier molecular flexibility index (Phi) is 5.64. The van der Waals surface area contributed by atoms with Crippen LogP contribution in [0.25, 0.3) is 11.1 Å². The van der Waals surface area contributed by atoms with Gasteiger partial charge in [-0.25, -0.2) is 12.8 Å². The molecule has 0 unspecified atom stereocenters. The molecule has 7 heteroatoms. The zero-order valence-corrected chi connectivity index (χ0v) is 18.2. The Balaban J connectivity index is 1.63. The standard InChI is InChI=1S/C24H23FN2O3S/c1-3-27(4-2)31(29,30)19-11-12-23(25)22(15-19)24(28)26-18-10-9-17-13-16-7-5-6-8-20(16)21(17)14-18/h5-12,14-15H,3-4,13H2,1-2H3,(H,26,28). The van der Waals surface area contributed by atoms with Gasteiger partial charge in [-0.2, -0.15) is 4.31 Å². The van der Waals surface area contributed by atoms with E-state index >= 15 is 0 Å². The number of halogens is 1. The van der Waals surface area contributed by atoms with E-state index in [1.54, 1.807) is 19.9 Å². The molecule has 0 heterocycles. The zero-order valence-electron chi connectivity index (χ0n) is 17.4. The second-order valence-electron chi connectivity index (χ2n) is 7.39. The molecule has 3 aromatic carbocycles. The minimum absolute atomic E-state index is 0.106. The van der Waals surface area contributed by atoms with E-state index in [0.29, 0.717) is 5.69 Å². The van der Waals surface area contributed by atoms with E-state index < -0.39 is 21.7 Å². The summed E-state index contributed by atoms with van der Waals surface area (Å²) in [6, 6.07) is 17.0. The summed E-state index contributed by atoms with van der Waals surface area (Å²) in [6.07, 6.45) is 0.833. The van der Waals surface area contributed by atoms with Crippen molar-refractivity contribution < 1.29 is 17.6 Å². The first-order valence-electron chi connectivity index (χ1n) is 10.2. The van der Waals surface area contributed by atoms with Crippen molar-refractivity contribution in [2.24, 2.45) is 0 Å². The molecule has 1 amide bonds. The molecule has 1 aliphatic rings. The van der Waals surface area contributed by atoms with Crippen LogP contribution in [0, 0.1) is 5.82 Å². The largest absolute Gasteiger partial charge is 0.322 e. The quantitative estimate of drug-likeness (QED) is 0.475. The number of sulfonamides is 1. The monoisotopic (exact) mass is 438 g/mol. The van der Waals surface area contributed by atoms with Gasteiger partial charge in [-0.3, -0.25) is 4.79 Å². The van der Waals surface area contributed by atoms with Crippen molar-refractivity contribution in [3.8, 4) is 11.1 Å². The number of nitrogens with zero attached hydrogens (tertiary/aromatic N) is 1. The van der Waals surface area contributed by atoms with E-state index in [1.165, 1.54) is 15.9 Å². The van der Waals surface area contributed by atoms with Gasteiger partial charge in [0.1, 0.15) is 5.82 Å². The summed E-state index contributed by atoms with van der Waals surface area (Å²) in [6.45, 7) is 4.02. The maximum atomic E-state index is 14.4. The van der Waals surface area contributed by atoms with Crippen molar-refractivity contribution in [3.63, 3.8) is 0 Å². The summed E-state index contributed by atoms with van der Waals surface area (Å²) in [4.78, 5) is 12.7. The number of carbonyl (C=O) groups is 1. The Morgan fingerprint density at radius 3 is 2.42 bits per heavy atom. The molecule has 0 radical (unpaired) electrons. The van der Waals surface area contributed by atoms with Gasteiger partial charge in [-0.05, 0) is 59.0 Å². The molecule has 3 aromatic rings. The van der Waals surface area contributed by atoms with E-state index in [2.05, 4.69) is 11.4 Å². The predicted octanol–water partition coefficient (Wildman–Crippen LogP) is 4.68. The fraction of sp³-hybridized carbons (Fsp3) is 0.208. The average molecular weight is 439 g/mol. The summed E-state index contributed by atoms with van der Waals surface area (Å²) < 4.78 is 41.2. The highest BCUT2D eigenvalue weighted by atomic mass is 32.2. The van der Waals surface area contributed by atoms with Crippen LogP contribution in [-0.2, 0) is 16.4 Å². The number of anilines is 1. The molecule has 0 aliphatic heterocycles. The number of nitrogens with one attached hydrogen (secondary N) is 1. The zero-order chi connectivity index (χ0) is 22.2. The number of fused-ring (bicyclic) bond motifs is 3. The fourth-order valence-electron chi connectivity index (χ4n) is 3.95. The third kappa shape index (κ3) is 3.86. The third-order valence-electron chi connectivity index (χ3n) is 5.58. The molecule has 5 nitrogen and oxygen atoms in total. The van der Waals surface area contributed by atoms with E-state index in [4.69, 9.17) is 0 Å². The second kappa shape index (κ2) is 8.24. The summed E-state index contributed by atoms with van der Waals surface area (Å²) in [5.41, 5.74) is 4.75. The lowest BCUT2D eigenvalue weighted by molar-refractivity contribution is 0.102. The van der Waals surface area contributed by atoms with Crippen molar-refractivity contribution in [1.82, 2.24) is 4.31 Å². The number of benzene rings is 3. The Bertz CT molecular complexity index is 1270. The van der Waals surface area contributed by atoms with Crippen molar-refractivity contribution in [2.75, 3.05) is 18.4 Å². The van der Waals surface area contributed by atoms with Gasteiger partial charge >= 0.3 is 0 Å². The van der Waals surface area contributed by atoms with E-state index in [-0.39, 0.29) is 23.5 Å². The highest BCUT2D eigenvalue weighted by Gasteiger charge is 2.25. The lowest BCUT2D eigenvalue weighted by atomic mass is 10.1. The van der Waals surface area contributed by atoms with Crippen LogP contribution in [-0.4, -0.2) is 31.7 Å². The molecule has 0 saturated heterocycles. The number of hydrogen-bond acceptors (Lipinski definition) is 3. The molecule has 0 bridgehead atoms. The number of amides is 1. The van der Waals surface area contributed by atoms with E-state index in [1.807, 2.05) is 30.3 Å². The molecule has 0 fully saturated rings. The maximum absolute atomic E-state index is 14.4. The second-order valence-corrected chi connectivity index (χ2v) is 9.33. The molecule has 160 valence electrons. The van der Waals surface area contributed by atoms with E-state index in [9.17, 15) is 17.6 Å². The van der Waals surface area contributed by atoms with Gasteiger partial charge in [0.2, 0.25) is 10.0 Å². The molecule has 4 rings (SSSR count). The first-order chi connectivity index (χ1) is 14.8. The first-order valence-corrected chi connectivity index (χ1v) is 11.6. The lowest BCUT2D eigenvalue weighted by Crippen LogP contribution is -2.31. The normalized spacial score (nSPS) is 12.5. The molecule has 31 heavy (non-hydrogen) atoms. The molecule has 1 aliphatic carbocycles. The summed E-state index contributed by atoms with van der Waals surface area (Å²) >= 11 is 0. The SMILES string of the molecule is CCN(CC)S(=O)(=O)c1ccc(F)c(C(=O)Nc2ccc3c(c2)-c2ccccc2C3)c1. The van der Waals surface area contributed by atoms with Crippen LogP contribution in [0.2, 0.25) is 0 Å². The molecular formula is C24H23FN2O3S. The van der Waals surface area contributed by atoms with Gasteiger partial charge in [-0.1, -0.05) is 44.2 Å². The average Bonchev–Trinajstić information content (AvgIpc) is 3.12. The minimum Gasteiger partial charge on any atom is -0.322 e. The Labute approximate surface area is 181 Å². The number of rotatable bonds is 6. The van der Waals surface area contributed by atoms with Crippen molar-refractivity contribution in [2.45, 2.75) is 25.2 Å². The smallest absolute Gasteiger partial charge is 0.258 e. The van der Waals surface area contributed by atoms with Gasteiger partial charge in [0.15, 0.2) is 0 Å². The Morgan fingerprint density at radius 2 is 1.68 bits per heavy atom. The van der Waals surface area contributed by atoms with Crippen molar-refractivity contribution in [3.05, 3.63) is 83.2 Å². The fourth-order valence-corrected chi connectivity index (χ4v) is 5.44. The summed E-state index contributed by atoms with van der Waals surface area (Å²) in [5.74, 6) is -1.47. The van der Waals surface area contributed by atoms with Crippen LogP contribution in [0.5, 0.6) is 0 Å². The van der Waals surface area contributed by atoms with Crippen LogP contribution in [0.4, 0.5) is 10.1 Å². The van der Waals surface area contributed by atoms with Crippen LogP contribution < -0.4 is 5.32 Å². The highest BCUT2D eigenvalue weighted by Crippen LogP contribution is 2.37. The minimum atomic E-state index is -3.80. The predicted molar refractivity (Wildman–Crippen MR) is 119 cm³/mol. The molecule has 0 atom stereocenters. The Hall–Kier alpha value is -3.03. The van der Waals surface area contributed by atoms with Gasteiger partial charge in [0.05, 0.1) is 10.5 Å². The number of carbonyl (C=O) groups excluding carboxylic acids is 1. The molecule has 0 aromatic heterocycles. The van der Waals surface area contributed by atoms with Gasteiger partial charge in [0, 0.05) is 18.8 Å². The van der Waals surface area contributed by atoms with Crippen LogP contribution in [0.15, 0.2) is 65.6 Å². The van der Waals surface area contributed by atoms with Crippen LogP contribution in [0.1, 0.15) is 35.3 Å². The third-order valence-corrected chi connectivity index (χ3v) is 7.63. The van der Waals surface area contributed by atoms with Gasteiger partial charge < -0.3 is 5.32 Å². The maximum Gasteiger partial charge on any atom is 0.258 e. The summed E-state index contributed by atoms with van der Waals surface area (Å²) in [7, 11) is -3.80. The molecule has 1 N–H and O–H groups in total. The summed E-state index contributed by atoms with van der Waals surface area (Å²) in [5, 5.41) is 2.71. The van der Waals surface area contributed by atoms with Crippen LogP contribution >= 0.6 is 0 Å². The van der Waals surface area contributed by atoms with Gasteiger partial charge in [-0.15, -0.1) is 0 Å². The van der Waals surface area contributed by atoms with E-state index in [0.717, 1.165) is 35.2 Å². The lowest BCUT2D eigenvalue weighted by Gasteiger charge is -2.19. The molecule has 0 spiro atoms. The van der Waals surface area contributed by atoms with Gasteiger partial charge in [0.25, 0.3) is 5.91 Å². The highest BCUT2D eigenvalue weighted by molar-refractivity contribution is 7.89. The van der Waals surface area contributed by atoms with Crippen LogP contribution in [0.3, 0.4) is 0 Å². The van der Waals surface area contributed by atoms with Crippen molar-refractivity contribution >= 4 is 21.6 Å². The first kappa shape index (κ1) is 21.2. The molecule has 0 saturated carbocycles. The Morgan fingerprint density at radius 1 is 0.968 bits per heavy atom.